The first kappa shape index (κ1) is 22.4. The minimum Gasteiger partial charge on any atom is -0.480 e. The highest BCUT2D eigenvalue weighted by Gasteiger charge is 2.31. The summed E-state index contributed by atoms with van der Waals surface area (Å²) in [5.74, 6) is -3.40. The normalized spacial score (nSPS) is 16.7. The number of hydrogen-bond acceptors (Lipinski definition) is 3. The molecule has 1 aliphatic rings. The van der Waals surface area contributed by atoms with E-state index in [1.165, 1.54) is 11.8 Å². The molecule has 0 bridgehead atoms. The van der Waals surface area contributed by atoms with Crippen molar-refractivity contribution < 1.29 is 37.1 Å². The zero-order valence-corrected chi connectivity index (χ0v) is 15.5. The number of benzene rings is 1. The molecule has 1 saturated heterocycles. The Morgan fingerprint density at radius 2 is 1.86 bits per heavy atom. The average Bonchev–Trinajstić information content (AvgIpc) is 2.66. The molecule has 2 rings (SSSR count). The molecular formula is C19H20F4N2O4. The first-order chi connectivity index (χ1) is 13.5. The molecule has 1 fully saturated rings. The van der Waals surface area contributed by atoms with E-state index in [0.29, 0.717) is 31.0 Å². The van der Waals surface area contributed by atoms with Gasteiger partial charge in [0.15, 0.2) is 0 Å². The van der Waals surface area contributed by atoms with E-state index < -0.39 is 47.3 Å². The van der Waals surface area contributed by atoms with Crippen LogP contribution in [0.15, 0.2) is 24.3 Å². The van der Waals surface area contributed by atoms with Crippen molar-refractivity contribution in [2.75, 3.05) is 13.1 Å². The maximum atomic E-state index is 13.7. The average molecular weight is 416 g/mol. The van der Waals surface area contributed by atoms with Crippen LogP contribution in [0, 0.1) is 11.7 Å². The fraction of sp³-hybridized carbons (Fsp3) is 0.421. The minimum atomic E-state index is -4.62. The van der Waals surface area contributed by atoms with Crippen LogP contribution in [0.2, 0.25) is 0 Å². The number of carboxylic acids is 1. The van der Waals surface area contributed by atoms with Crippen LogP contribution in [0.1, 0.15) is 30.9 Å². The molecule has 0 aromatic heterocycles. The highest BCUT2D eigenvalue weighted by molar-refractivity contribution is 5.92. The number of aliphatic carboxylic acids is 1. The molecule has 2 N–H and O–H groups in total. The molecule has 1 aliphatic heterocycles. The van der Waals surface area contributed by atoms with E-state index in [-0.39, 0.29) is 18.7 Å². The van der Waals surface area contributed by atoms with Crippen molar-refractivity contribution in [3.63, 3.8) is 0 Å². The molecule has 1 aromatic rings. The Labute approximate surface area is 164 Å². The molecule has 1 atom stereocenters. The van der Waals surface area contributed by atoms with Gasteiger partial charge in [-0.25, -0.2) is 4.39 Å². The van der Waals surface area contributed by atoms with E-state index >= 15 is 0 Å². The zero-order chi connectivity index (χ0) is 21.8. The minimum absolute atomic E-state index is 0.216. The number of carbonyl (C=O) groups excluding carboxylic acids is 2. The predicted octanol–water partition coefficient (Wildman–Crippen LogP) is 2.69. The molecule has 0 radical (unpaired) electrons. The summed E-state index contributed by atoms with van der Waals surface area (Å²) in [6.07, 6.45) is -2.02. The van der Waals surface area contributed by atoms with Gasteiger partial charge < -0.3 is 15.3 Å². The van der Waals surface area contributed by atoms with Gasteiger partial charge in [0.05, 0.1) is 5.56 Å². The van der Waals surface area contributed by atoms with E-state index in [9.17, 15) is 31.9 Å². The van der Waals surface area contributed by atoms with Crippen molar-refractivity contribution in [1.29, 1.82) is 0 Å². The molecule has 29 heavy (non-hydrogen) atoms. The van der Waals surface area contributed by atoms with Crippen LogP contribution >= 0.6 is 0 Å². The van der Waals surface area contributed by atoms with Crippen LogP contribution in [0.5, 0.6) is 0 Å². The number of nitrogens with zero attached hydrogens (tertiary/aromatic N) is 1. The van der Waals surface area contributed by atoms with Gasteiger partial charge in [-0.2, -0.15) is 13.2 Å². The SMILES string of the molecule is CC(NC(=O)C1CCN(C(=O)/C=C/c2cc(C(F)(F)F)ccc2F)CC1)C(=O)O. The monoisotopic (exact) mass is 416 g/mol. The molecule has 158 valence electrons. The number of carbonyl (C=O) groups is 3. The zero-order valence-electron chi connectivity index (χ0n) is 15.5. The number of likely N-dealkylation sites (tertiary alicyclic amines) is 1. The van der Waals surface area contributed by atoms with Crippen LogP contribution < -0.4 is 5.32 Å². The summed E-state index contributed by atoms with van der Waals surface area (Å²) in [5.41, 5.74) is -1.38. The van der Waals surface area contributed by atoms with Crippen LogP contribution in [0.25, 0.3) is 6.08 Å². The van der Waals surface area contributed by atoms with Crippen molar-refractivity contribution in [3.8, 4) is 0 Å². The molecule has 10 heteroatoms. The summed E-state index contributed by atoms with van der Waals surface area (Å²) in [6, 6.07) is 0.914. The summed E-state index contributed by atoms with van der Waals surface area (Å²) in [5, 5.41) is 11.2. The van der Waals surface area contributed by atoms with Gasteiger partial charge in [0.2, 0.25) is 11.8 Å². The predicted molar refractivity (Wildman–Crippen MR) is 95.0 cm³/mol. The summed E-state index contributed by atoms with van der Waals surface area (Å²) in [6.45, 7) is 1.78. The number of rotatable bonds is 5. The number of carboxylic acid groups (broad SMARTS) is 1. The van der Waals surface area contributed by atoms with Gasteiger partial charge in [0.1, 0.15) is 11.9 Å². The van der Waals surface area contributed by atoms with Gasteiger partial charge in [0, 0.05) is 30.6 Å². The molecule has 1 heterocycles. The largest absolute Gasteiger partial charge is 0.480 e. The summed E-state index contributed by atoms with van der Waals surface area (Å²) >= 11 is 0. The van der Waals surface area contributed by atoms with Gasteiger partial charge >= 0.3 is 12.1 Å². The Kier molecular flexibility index (Phi) is 6.99. The first-order valence-electron chi connectivity index (χ1n) is 8.86. The molecule has 6 nitrogen and oxygen atoms in total. The van der Waals surface area contributed by atoms with Crippen molar-refractivity contribution in [2.45, 2.75) is 32.0 Å². The summed E-state index contributed by atoms with van der Waals surface area (Å²) in [4.78, 5) is 36.4. The summed E-state index contributed by atoms with van der Waals surface area (Å²) in [7, 11) is 0. The lowest BCUT2D eigenvalue weighted by molar-refractivity contribution is -0.142. The fourth-order valence-corrected chi connectivity index (χ4v) is 2.87. The molecule has 2 amide bonds. The fourth-order valence-electron chi connectivity index (χ4n) is 2.87. The number of hydrogen-bond donors (Lipinski definition) is 2. The van der Waals surface area contributed by atoms with Gasteiger partial charge in [-0.15, -0.1) is 0 Å². The summed E-state index contributed by atoms with van der Waals surface area (Å²) < 4.78 is 51.9. The van der Waals surface area contributed by atoms with Crippen molar-refractivity contribution in [1.82, 2.24) is 10.2 Å². The smallest absolute Gasteiger partial charge is 0.416 e. The van der Waals surface area contributed by atoms with E-state index in [0.717, 1.165) is 12.2 Å². The highest BCUT2D eigenvalue weighted by atomic mass is 19.4. The number of halogens is 4. The number of amides is 2. The molecule has 1 aromatic carbocycles. The van der Waals surface area contributed by atoms with Crippen molar-refractivity contribution in [2.24, 2.45) is 5.92 Å². The van der Waals surface area contributed by atoms with E-state index in [4.69, 9.17) is 5.11 Å². The molecule has 0 spiro atoms. The van der Waals surface area contributed by atoms with Crippen LogP contribution in [0.4, 0.5) is 17.6 Å². The second-order valence-electron chi connectivity index (χ2n) is 6.74. The topological polar surface area (TPSA) is 86.7 Å². The molecule has 0 aliphatic carbocycles. The van der Waals surface area contributed by atoms with Crippen LogP contribution in [-0.4, -0.2) is 46.9 Å². The third-order valence-corrected chi connectivity index (χ3v) is 4.64. The maximum absolute atomic E-state index is 13.7. The number of nitrogens with one attached hydrogen (secondary N) is 1. The second kappa shape index (κ2) is 9.06. The van der Waals surface area contributed by atoms with E-state index in [1.54, 1.807) is 0 Å². The Balaban J connectivity index is 1.95. The van der Waals surface area contributed by atoms with Crippen molar-refractivity contribution in [3.05, 3.63) is 41.2 Å². The van der Waals surface area contributed by atoms with Crippen molar-refractivity contribution >= 4 is 23.9 Å². The van der Waals surface area contributed by atoms with Gasteiger partial charge in [-0.05, 0) is 44.0 Å². The number of piperidine rings is 1. The maximum Gasteiger partial charge on any atom is 0.416 e. The lowest BCUT2D eigenvalue weighted by atomic mass is 9.95. The third-order valence-electron chi connectivity index (χ3n) is 4.64. The lowest BCUT2D eigenvalue weighted by Gasteiger charge is -2.31. The number of alkyl halides is 3. The van der Waals surface area contributed by atoms with Crippen LogP contribution in [0.3, 0.4) is 0 Å². The molecular weight excluding hydrogens is 396 g/mol. The van der Waals surface area contributed by atoms with Crippen LogP contribution in [-0.2, 0) is 20.6 Å². The standard InChI is InChI=1S/C19H20F4N2O4/c1-11(18(28)29)24-17(27)12-6-8-25(9-7-12)16(26)5-2-13-10-14(19(21,22)23)3-4-15(13)20/h2-5,10-12H,6-9H2,1H3,(H,24,27)(H,28,29)/b5-2+. The van der Waals surface area contributed by atoms with Gasteiger partial charge in [-0.1, -0.05) is 0 Å². The second-order valence-corrected chi connectivity index (χ2v) is 6.74. The quantitative estimate of drug-likeness (QED) is 0.571. The molecule has 0 saturated carbocycles. The highest BCUT2D eigenvalue weighted by Crippen LogP contribution is 2.30. The Bertz CT molecular complexity index is 815. The molecule has 1 unspecified atom stereocenters. The third kappa shape index (κ3) is 6.03. The lowest BCUT2D eigenvalue weighted by Crippen LogP contribution is -2.46. The Morgan fingerprint density at radius 3 is 2.41 bits per heavy atom. The Morgan fingerprint density at radius 1 is 1.24 bits per heavy atom. The van der Waals surface area contributed by atoms with E-state index in [1.807, 2.05) is 0 Å². The van der Waals surface area contributed by atoms with Gasteiger partial charge in [-0.3, -0.25) is 14.4 Å². The van der Waals surface area contributed by atoms with Gasteiger partial charge in [0.25, 0.3) is 0 Å². The first-order valence-corrected chi connectivity index (χ1v) is 8.86. The Hall–Kier alpha value is -2.91. The van der Waals surface area contributed by atoms with E-state index in [2.05, 4.69) is 5.32 Å².